The maximum Gasteiger partial charge on any atom is 0.264 e. The van der Waals surface area contributed by atoms with Gasteiger partial charge in [0, 0.05) is 13.0 Å². The number of hydrogen-bond acceptors (Lipinski definition) is 6. The smallest absolute Gasteiger partial charge is 0.264 e. The van der Waals surface area contributed by atoms with E-state index in [4.69, 9.17) is 9.47 Å². The Morgan fingerprint density at radius 1 is 1.31 bits per heavy atom. The van der Waals surface area contributed by atoms with Crippen molar-refractivity contribution in [2.24, 2.45) is 7.05 Å². The van der Waals surface area contributed by atoms with Crippen LogP contribution in [0.2, 0.25) is 0 Å². The van der Waals surface area contributed by atoms with Gasteiger partial charge in [0.15, 0.2) is 23.9 Å². The lowest BCUT2D eigenvalue weighted by Gasteiger charge is -2.19. The van der Waals surface area contributed by atoms with Gasteiger partial charge in [-0.1, -0.05) is 12.1 Å². The number of halogens is 1. The molecule has 26 heavy (non-hydrogen) atoms. The minimum absolute atomic E-state index is 0. The first kappa shape index (κ1) is 20.0. The Hall–Kier alpha value is -2.32. The van der Waals surface area contributed by atoms with Crippen molar-refractivity contribution in [3.05, 3.63) is 30.1 Å². The number of benzene rings is 1. The van der Waals surface area contributed by atoms with E-state index in [0.29, 0.717) is 23.4 Å². The first-order chi connectivity index (χ1) is 12.2. The summed E-state index contributed by atoms with van der Waals surface area (Å²) in [5, 5.41) is 10.5. The molecular formula is C17H24ClN5O3. The number of hydrogen-bond donors (Lipinski definition) is 2. The van der Waals surface area contributed by atoms with Crippen LogP contribution in [0.1, 0.15) is 24.6 Å². The highest BCUT2D eigenvalue weighted by atomic mass is 35.5. The van der Waals surface area contributed by atoms with Crippen LogP contribution in [0.4, 0.5) is 5.95 Å². The molecule has 1 aromatic carbocycles. The lowest BCUT2D eigenvalue weighted by atomic mass is 9.98. The molecule has 0 aliphatic carbocycles. The summed E-state index contributed by atoms with van der Waals surface area (Å²) < 4.78 is 12.3. The Bertz CT molecular complexity index is 731. The van der Waals surface area contributed by atoms with E-state index in [2.05, 4.69) is 20.7 Å². The summed E-state index contributed by atoms with van der Waals surface area (Å²) in [4.78, 5) is 16.6. The second-order valence-corrected chi connectivity index (χ2v) is 5.93. The molecule has 1 aliphatic rings. The molecule has 0 radical (unpaired) electrons. The number of rotatable bonds is 6. The van der Waals surface area contributed by atoms with Crippen LogP contribution in [0.5, 0.6) is 11.5 Å². The zero-order valence-corrected chi connectivity index (χ0v) is 15.7. The van der Waals surface area contributed by atoms with Crippen molar-refractivity contribution in [3.63, 3.8) is 0 Å². The van der Waals surface area contributed by atoms with Crippen molar-refractivity contribution in [3.8, 4) is 11.5 Å². The summed E-state index contributed by atoms with van der Waals surface area (Å²) in [7, 11) is 3.33. The summed E-state index contributed by atoms with van der Waals surface area (Å²) in [5.74, 6) is 2.36. The number of methoxy groups -OCH3 is 1. The van der Waals surface area contributed by atoms with Crippen molar-refractivity contribution >= 4 is 24.3 Å². The van der Waals surface area contributed by atoms with Crippen LogP contribution in [0, 0.1) is 0 Å². The van der Waals surface area contributed by atoms with Gasteiger partial charge in [0.2, 0.25) is 5.95 Å². The van der Waals surface area contributed by atoms with E-state index < -0.39 is 0 Å². The van der Waals surface area contributed by atoms with Gasteiger partial charge in [-0.25, -0.2) is 4.68 Å². The van der Waals surface area contributed by atoms with Gasteiger partial charge in [-0.2, -0.15) is 10.1 Å². The highest BCUT2D eigenvalue weighted by Crippen LogP contribution is 2.26. The molecule has 2 aromatic rings. The molecule has 0 unspecified atom stereocenters. The number of nitrogens with zero attached hydrogens (tertiary/aromatic N) is 3. The molecule has 1 saturated heterocycles. The third-order valence-electron chi connectivity index (χ3n) is 4.16. The molecule has 0 atom stereocenters. The average molecular weight is 382 g/mol. The highest BCUT2D eigenvalue weighted by molar-refractivity contribution is 5.90. The summed E-state index contributed by atoms with van der Waals surface area (Å²) in [6.45, 7) is 1.81. The topological polar surface area (TPSA) is 90.3 Å². The maximum absolute atomic E-state index is 12.2. The van der Waals surface area contributed by atoms with E-state index >= 15 is 0 Å². The number of ether oxygens (including phenoxy) is 2. The fraction of sp³-hybridized carbons (Fsp3) is 0.471. The first-order valence-electron chi connectivity index (χ1n) is 8.34. The molecule has 1 aromatic heterocycles. The molecule has 1 amide bonds. The number of piperidine rings is 1. The zero-order valence-electron chi connectivity index (χ0n) is 14.9. The van der Waals surface area contributed by atoms with Crippen LogP contribution in [0.3, 0.4) is 0 Å². The van der Waals surface area contributed by atoms with Crippen LogP contribution in [-0.2, 0) is 11.8 Å². The van der Waals surface area contributed by atoms with E-state index in [1.165, 1.54) is 0 Å². The summed E-state index contributed by atoms with van der Waals surface area (Å²) in [6.07, 6.45) is 2.02. The summed E-state index contributed by atoms with van der Waals surface area (Å²) in [6, 6.07) is 7.20. The molecule has 1 aliphatic heterocycles. The Morgan fingerprint density at radius 3 is 2.69 bits per heavy atom. The third-order valence-corrected chi connectivity index (χ3v) is 4.16. The van der Waals surface area contributed by atoms with Gasteiger partial charge in [0.05, 0.1) is 7.11 Å². The quantitative estimate of drug-likeness (QED) is 0.792. The predicted molar refractivity (Wildman–Crippen MR) is 100 cm³/mol. The number of carbonyl (C=O) groups is 1. The molecule has 2 N–H and O–H groups in total. The van der Waals surface area contributed by atoms with Gasteiger partial charge in [0.25, 0.3) is 5.91 Å². The van der Waals surface area contributed by atoms with Crippen LogP contribution in [0.25, 0.3) is 0 Å². The highest BCUT2D eigenvalue weighted by Gasteiger charge is 2.21. The molecule has 0 spiro atoms. The minimum atomic E-state index is -0.293. The monoisotopic (exact) mass is 381 g/mol. The van der Waals surface area contributed by atoms with Crippen molar-refractivity contribution in [2.75, 3.05) is 32.1 Å². The molecule has 142 valence electrons. The van der Waals surface area contributed by atoms with Crippen LogP contribution in [0.15, 0.2) is 24.3 Å². The molecule has 0 bridgehead atoms. The van der Waals surface area contributed by atoms with Crippen molar-refractivity contribution in [1.29, 1.82) is 0 Å². The lowest BCUT2D eigenvalue weighted by molar-refractivity contribution is -0.118. The third kappa shape index (κ3) is 4.86. The predicted octanol–water partition coefficient (Wildman–Crippen LogP) is 1.73. The van der Waals surface area contributed by atoms with E-state index in [1.807, 2.05) is 12.1 Å². The number of aromatic nitrogens is 3. The molecule has 0 saturated carbocycles. The zero-order chi connectivity index (χ0) is 17.6. The second-order valence-electron chi connectivity index (χ2n) is 5.93. The van der Waals surface area contributed by atoms with Gasteiger partial charge >= 0.3 is 0 Å². The van der Waals surface area contributed by atoms with E-state index in [1.54, 1.807) is 31.0 Å². The molecule has 9 heteroatoms. The maximum atomic E-state index is 12.2. The van der Waals surface area contributed by atoms with Gasteiger partial charge in [-0.15, -0.1) is 12.4 Å². The van der Waals surface area contributed by atoms with Crippen molar-refractivity contribution < 1.29 is 14.3 Å². The molecular weight excluding hydrogens is 358 g/mol. The number of para-hydroxylation sites is 2. The summed E-state index contributed by atoms with van der Waals surface area (Å²) in [5.41, 5.74) is 0. The standard InChI is InChI=1S/C17H23N5O3.ClH/c1-22-17(20-16(21-22)12-7-9-18-10-8-12)19-15(23)11-25-14-6-4-3-5-13(14)24-2;/h3-6,12,18H,7-11H2,1-2H3,(H,19,20,21,23);1H. The number of anilines is 1. The van der Waals surface area contributed by atoms with Crippen LogP contribution in [-0.4, -0.2) is 47.5 Å². The first-order valence-corrected chi connectivity index (χ1v) is 8.34. The Morgan fingerprint density at radius 2 is 2.00 bits per heavy atom. The Kier molecular flexibility index (Phi) is 7.23. The van der Waals surface area contributed by atoms with Crippen LogP contribution < -0.4 is 20.1 Å². The number of aryl methyl sites for hydroxylation is 1. The van der Waals surface area contributed by atoms with Crippen LogP contribution >= 0.6 is 12.4 Å². The Labute approximate surface area is 158 Å². The fourth-order valence-corrected chi connectivity index (χ4v) is 2.81. The molecule has 1 fully saturated rings. The van der Waals surface area contributed by atoms with E-state index in [9.17, 15) is 4.79 Å². The SMILES string of the molecule is COc1ccccc1OCC(=O)Nc1nc(C2CCNCC2)nn1C.Cl. The van der Waals surface area contributed by atoms with Gasteiger partial charge in [0.1, 0.15) is 0 Å². The number of carbonyl (C=O) groups excluding carboxylic acids is 1. The molecule has 3 rings (SSSR count). The van der Waals surface area contributed by atoms with Gasteiger partial charge in [-0.05, 0) is 38.1 Å². The van der Waals surface area contributed by atoms with Crippen molar-refractivity contribution in [2.45, 2.75) is 18.8 Å². The number of nitrogens with one attached hydrogen (secondary N) is 2. The van der Waals surface area contributed by atoms with E-state index in [-0.39, 0.29) is 24.9 Å². The average Bonchev–Trinajstić information content (AvgIpc) is 3.01. The lowest BCUT2D eigenvalue weighted by Crippen LogP contribution is -2.27. The largest absolute Gasteiger partial charge is 0.493 e. The van der Waals surface area contributed by atoms with E-state index in [0.717, 1.165) is 31.8 Å². The molecule has 8 nitrogen and oxygen atoms in total. The van der Waals surface area contributed by atoms with Gasteiger partial charge < -0.3 is 14.8 Å². The Balaban J connectivity index is 0.00000243. The minimum Gasteiger partial charge on any atom is -0.493 e. The van der Waals surface area contributed by atoms with Gasteiger partial charge in [-0.3, -0.25) is 10.1 Å². The summed E-state index contributed by atoms with van der Waals surface area (Å²) >= 11 is 0. The second kappa shape index (κ2) is 9.40. The van der Waals surface area contributed by atoms with Crippen molar-refractivity contribution in [1.82, 2.24) is 20.1 Å². The number of amides is 1. The molecule has 2 heterocycles. The fourth-order valence-electron chi connectivity index (χ4n) is 2.81. The normalized spacial score (nSPS) is 14.4.